The Kier molecular flexibility index (Phi) is 6.68. The molecule has 146 valence electrons. The van der Waals surface area contributed by atoms with Crippen LogP contribution in [0.3, 0.4) is 0 Å². The van der Waals surface area contributed by atoms with Gasteiger partial charge in [-0.25, -0.2) is 8.42 Å². The van der Waals surface area contributed by atoms with Gasteiger partial charge >= 0.3 is 0 Å². The SMILES string of the molecule is CCOc1ccc(C(=O)Nc2cccc(N(C)S(C)(=O)=O)c2)cc1OCC. The lowest BCUT2D eigenvalue weighted by atomic mass is 10.1. The predicted molar refractivity (Wildman–Crippen MR) is 106 cm³/mol. The topological polar surface area (TPSA) is 84.9 Å². The summed E-state index contributed by atoms with van der Waals surface area (Å²) in [5.41, 5.74) is 1.35. The molecule has 0 radical (unpaired) electrons. The molecule has 0 bridgehead atoms. The van der Waals surface area contributed by atoms with Crippen molar-refractivity contribution >= 4 is 27.3 Å². The van der Waals surface area contributed by atoms with Crippen LogP contribution in [0.5, 0.6) is 11.5 Å². The molecule has 0 saturated heterocycles. The van der Waals surface area contributed by atoms with Crippen LogP contribution in [0.4, 0.5) is 11.4 Å². The molecule has 2 aromatic carbocycles. The van der Waals surface area contributed by atoms with Crippen molar-refractivity contribution in [2.75, 3.05) is 36.1 Å². The van der Waals surface area contributed by atoms with Crippen molar-refractivity contribution in [3.05, 3.63) is 48.0 Å². The van der Waals surface area contributed by atoms with Gasteiger partial charge in [-0.05, 0) is 50.2 Å². The van der Waals surface area contributed by atoms with E-state index >= 15 is 0 Å². The first-order valence-corrected chi connectivity index (χ1v) is 10.4. The lowest BCUT2D eigenvalue weighted by Gasteiger charge is -2.17. The van der Waals surface area contributed by atoms with Crippen LogP contribution in [0.2, 0.25) is 0 Å². The first kappa shape index (κ1) is 20.6. The maximum Gasteiger partial charge on any atom is 0.255 e. The minimum Gasteiger partial charge on any atom is -0.490 e. The van der Waals surface area contributed by atoms with Gasteiger partial charge in [0.25, 0.3) is 5.91 Å². The van der Waals surface area contributed by atoms with E-state index in [-0.39, 0.29) is 5.91 Å². The molecule has 0 fully saturated rings. The highest BCUT2D eigenvalue weighted by Crippen LogP contribution is 2.29. The second kappa shape index (κ2) is 8.77. The third-order valence-corrected chi connectivity index (χ3v) is 4.98. The summed E-state index contributed by atoms with van der Waals surface area (Å²) in [7, 11) is -1.93. The molecule has 0 heterocycles. The van der Waals surface area contributed by atoms with E-state index in [1.165, 1.54) is 7.05 Å². The van der Waals surface area contributed by atoms with Crippen molar-refractivity contribution in [2.45, 2.75) is 13.8 Å². The first-order valence-electron chi connectivity index (χ1n) is 8.51. The fourth-order valence-corrected chi connectivity index (χ4v) is 2.86. The Labute approximate surface area is 160 Å². The van der Waals surface area contributed by atoms with E-state index in [1.807, 2.05) is 13.8 Å². The molecule has 0 unspecified atom stereocenters. The number of nitrogens with one attached hydrogen (secondary N) is 1. The van der Waals surface area contributed by atoms with Crippen molar-refractivity contribution in [3.63, 3.8) is 0 Å². The number of hydrogen-bond donors (Lipinski definition) is 1. The molecule has 1 N–H and O–H groups in total. The summed E-state index contributed by atoms with van der Waals surface area (Å²) in [4.78, 5) is 12.6. The van der Waals surface area contributed by atoms with Crippen LogP contribution in [0.1, 0.15) is 24.2 Å². The molecule has 0 aliphatic carbocycles. The summed E-state index contributed by atoms with van der Waals surface area (Å²) in [6, 6.07) is 11.6. The number of sulfonamides is 1. The average Bonchev–Trinajstić information content (AvgIpc) is 2.62. The third-order valence-electron chi connectivity index (χ3n) is 3.77. The molecule has 27 heavy (non-hydrogen) atoms. The minimum absolute atomic E-state index is 0.335. The number of anilines is 2. The van der Waals surface area contributed by atoms with Gasteiger partial charge in [-0.15, -0.1) is 0 Å². The molecule has 0 spiro atoms. The van der Waals surface area contributed by atoms with Crippen molar-refractivity contribution in [2.24, 2.45) is 0 Å². The van der Waals surface area contributed by atoms with Crippen LogP contribution < -0.4 is 19.1 Å². The van der Waals surface area contributed by atoms with Gasteiger partial charge in [0.15, 0.2) is 11.5 Å². The maximum absolute atomic E-state index is 12.6. The van der Waals surface area contributed by atoms with Crippen molar-refractivity contribution in [1.29, 1.82) is 0 Å². The molecule has 2 aromatic rings. The lowest BCUT2D eigenvalue weighted by Crippen LogP contribution is -2.24. The van der Waals surface area contributed by atoms with Gasteiger partial charge in [-0.3, -0.25) is 9.10 Å². The van der Waals surface area contributed by atoms with Gasteiger partial charge in [0.05, 0.1) is 25.2 Å². The summed E-state index contributed by atoms with van der Waals surface area (Å²) >= 11 is 0. The number of rotatable bonds is 8. The zero-order valence-corrected chi connectivity index (χ0v) is 16.7. The van der Waals surface area contributed by atoms with Gasteiger partial charge in [-0.1, -0.05) is 6.07 Å². The molecule has 7 nitrogen and oxygen atoms in total. The quantitative estimate of drug-likeness (QED) is 0.746. The highest BCUT2D eigenvalue weighted by atomic mass is 32.2. The van der Waals surface area contributed by atoms with Crippen molar-refractivity contribution in [3.8, 4) is 11.5 Å². The minimum atomic E-state index is -3.39. The second-order valence-electron chi connectivity index (χ2n) is 5.76. The Bertz CT molecular complexity index is 912. The van der Waals surface area contributed by atoms with Crippen LogP contribution in [-0.2, 0) is 10.0 Å². The second-order valence-corrected chi connectivity index (χ2v) is 7.78. The molecular weight excluding hydrogens is 368 g/mol. The number of nitrogens with zero attached hydrogens (tertiary/aromatic N) is 1. The Hall–Kier alpha value is -2.74. The van der Waals surface area contributed by atoms with Crippen LogP contribution in [0.25, 0.3) is 0 Å². The molecule has 0 aliphatic rings. The Morgan fingerprint density at radius 3 is 2.33 bits per heavy atom. The molecule has 0 aliphatic heterocycles. The third kappa shape index (κ3) is 5.37. The molecule has 2 rings (SSSR count). The van der Waals surface area contributed by atoms with Crippen LogP contribution in [-0.4, -0.2) is 40.8 Å². The van der Waals surface area contributed by atoms with Crippen molar-refractivity contribution < 1.29 is 22.7 Å². The molecule has 8 heteroatoms. The number of amides is 1. The molecule has 0 aromatic heterocycles. The fraction of sp³-hybridized carbons (Fsp3) is 0.316. The van der Waals surface area contributed by atoms with E-state index in [2.05, 4.69) is 5.32 Å². The summed E-state index contributed by atoms with van der Waals surface area (Å²) < 4.78 is 35.6. The average molecular weight is 392 g/mol. The highest BCUT2D eigenvalue weighted by Gasteiger charge is 2.14. The summed E-state index contributed by atoms with van der Waals surface area (Å²) in [6.45, 7) is 4.67. The van der Waals surface area contributed by atoms with E-state index in [0.717, 1.165) is 10.6 Å². The fourth-order valence-electron chi connectivity index (χ4n) is 2.37. The van der Waals surface area contributed by atoms with E-state index < -0.39 is 10.0 Å². The predicted octanol–water partition coefficient (Wildman–Crippen LogP) is 3.13. The first-order chi connectivity index (χ1) is 12.8. The largest absolute Gasteiger partial charge is 0.490 e. The Morgan fingerprint density at radius 1 is 1.04 bits per heavy atom. The van der Waals surface area contributed by atoms with E-state index in [0.29, 0.717) is 41.7 Å². The number of benzene rings is 2. The van der Waals surface area contributed by atoms with Gasteiger partial charge in [0.1, 0.15) is 0 Å². The molecule has 0 atom stereocenters. The van der Waals surface area contributed by atoms with Gasteiger partial charge in [0, 0.05) is 18.3 Å². The van der Waals surface area contributed by atoms with Crippen LogP contribution >= 0.6 is 0 Å². The molecule has 0 saturated carbocycles. The summed E-state index contributed by atoms with van der Waals surface area (Å²) in [6.07, 6.45) is 1.12. The van der Waals surface area contributed by atoms with Crippen molar-refractivity contribution in [1.82, 2.24) is 0 Å². The summed E-state index contributed by atoms with van der Waals surface area (Å²) in [5, 5.41) is 2.77. The van der Waals surface area contributed by atoms with E-state index in [1.54, 1.807) is 42.5 Å². The molecule has 1 amide bonds. The normalized spacial score (nSPS) is 11.0. The van der Waals surface area contributed by atoms with Gasteiger partial charge in [0.2, 0.25) is 10.0 Å². The zero-order chi connectivity index (χ0) is 20.0. The molecular formula is C19H24N2O5S. The maximum atomic E-state index is 12.6. The Balaban J connectivity index is 2.23. The lowest BCUT2D eigenvalue weighted by molar-refractivity contribution is 0.102. The smallest absolute Gasteiger partial charge is 0.255 e. The Morgan fingerprint density at radius 2 is 1.70 bits per heavy atom. The van der Waals surface area contributed by atoms with E-state index in [9.17, 15) is 13.2 Å². The number of hydrogen-bond acceptors (Lipinski definition) is 5. The zero-order valence-electron chi connectivity index (χ0n) is 15.9. The standard InChI is InChI=1S/C19H24N2O5S/c1-5-25-17-11-10-14(12-18(17)26-6-2)19(22)20-15-8-7-9-16(13-15)21(3)27(4,23)24/h7-13H,5-6H2,1-4H3,(H,20,22). The van der Waals surface area contributed by atoms with E-state index in [4.69, 9.17) is 9.47 Å². The number of ether oxygens (including phenoxy) is 2. The highest BCUT2D eigenvalue weighted by molar-refractivity contribution is 7.92. The van der Waals surface area contributed by atoms with Crippen LogP contribution in [0.15, 0.2) is 42.5 Å². The number of carbonyl (C=O) groups excluding carboxylic acids is 1. The van der Waals surface area contributed by atoms with Gasteiger partial charge < -0.3 is 14.8 Å². The van der Waals surface area contributed by atoms with Gasteiger partial charge in [-0.2, -0.15) is 0 Å². The monoisotopic (exact) mass is 392 g/mol. The van der Waals surface area contributed by atoms with Crippen LogP contribution in [0, 0.1) is 0 Å². The summed E-state index contributed by atoms with van der Waals surface area (Å²) in [5.74, 6) is 0.739. The number of carbonyl (C=O) groups is 1.